The molecular formula is C7H11ClN2O2S. The van der Waals surface area contributed by atoms with E-state index in [1.807, 2.05) is 6.92 Å². The molecule has 13 heavy (non-hydrogen) atoms. The molecule has 1 aromatic rings. The van der Waals surface area contributed by atoms with Crippen LogP contribution in [-0.4, -0.2) is 18.2 Å². The Kier molecular flexibility index (Phi) is 2.68. The summed E-state index contributed by atoms with van der Waals surface area (Å²) >= 11 is 0. The molecule has 0 amide bonds. The van der Waals surface area contributed by atoms with Crippen molar-refractivity contribution in [2.45, 2.75) is 32.2 Å². The normalized spacial score (nSPS) is 12.0. The maximum atomic E-state index is 11.1. The van der Waals surface area contributed by atoms with E-state index in [1.54, 1.807) is 18.5 Å². The molecule has 0 bridgehead atoms. The third kappa shape index (κ3) is 1.86. The van der Waals surface area contributed by atoms with Gasteiger partial charge in [0.25, 0.3) is 9.05 Å². The highest BCUT2D eigenvalue weighted by molar-refractivity contribution is 8.13. The quantitative estimate of drug-likeness (QED) is 0.712. The molecule has 1 rings (SSSR count). The Morgan fingerprint density at radius 2 is 2.00 bits per heavy atom. The van der Waals surface area contributed by atoms with E-state index in [9.17, 15) is 8.42 Å². The topological polar surface area (TPSA) is 52.0 Å². The highest BCUT2D eigenvalue weighted by Crippen LogP contribution is 2.22. The van der Waals surface area contributed by atoms with Gasteiger partial charge in [-0.3, -0.25) is 4.68 Å². The van der Waals surface area contributed by atoms with Crippen LogP contribution in [-0.2, 0) is 15.6 Å². The van der Waals surface area contributed by atoms with E-state index in [1.165, 1.54) is 0 Å². The van der Waals surface area contributed by atoms with Crippen LogP contribution in [0.5, 0.6) is 0 Å². The van der Waals surface area contributed by atoms with Gasteiger partial charge < -0.3 is 0 Å². The van der Waals surface area contributed by atoms with E-state index >= 15 is 0 Å². The molecule has 0 aliphatic rings. The molecule has 0 saturated carbocycles. The first kappa shape index (κ1) is 10.5. The molecule has 1 heterocycles. The van der Waals surface area contributed by atoms with Crippen LogP contribution in [0.25, 0.3) is 0 Å². The molecule has 0 aliphatic carbocycles. The van der Waals surface area contributed by atoms with E-state index in [0.717, 1.165) is 0 Å². The van der Waals surface area contributed by atoms with Crippen molar-refractivity contribution in [2.24, 2.45) is 0 Å². The number of hydrogen-bond donors (Lipinski definition) is 0. The predicted molar refractivity (Wildman–Crippen MR) is 50.4 cm³/mol. The zero-order valence-corrected chi connectivity index (χ0v) is 9.28. The summed E-state index contributed by atoms with van der Waals surface area (Å²) in [4.78, 5) is 0.135. The summed E-state index contributed by atoms with van der Waals surface area (Å²) in [5, 5.41) is 4.05. The smallest absolute Gasteiger partial charge is 0.264 e. The lowest BCUT2D eigenvalue weighted by Crippen LogP contribution is -2.00. The minimum atomic E-state index is -3.66. The lowest BCUT2D eigenvalue weighted by molar-refractivity contribution is 0.606. The van der Waals surface area contributed by atoms with Gasteiger partial charge in [0.05, 0.1) is 11.4 Å². The van der Waals surface area contributed by atoms with Gasteiger partial charge in [-0.15, -0.1) is 0 Å². The summed E-state index contributed by atoms with van der Waals surface area (Å²) in [6.45, 7) is 5.86. The number of hydrogen-bond acceptors (Lipinski definition) is 3. The molecule has 0 radical (unpaired) electrons. The SMILES string of the molecule is CCn1nc(C)c(S(=O)(=O)Cl)c1C. The van der Waals surface area contributed by atoms with E-state index in [2.05, 4.69) is 5.10 Å². The predicted octanol–water partition coefficient (Wildman–Crippen LogP) is 1.45. The molecule has 0 atom stereocenters. The summed E-state index contributed by atoms with van der Waals surface area (Å²) in [7, 11) is 1.59. The Bertz CT molecular complexity index is 422. The second kappa shape index (κ2) is 3.31. The second-order valence-corrected chi connectivity index (χ2v) is 5.26. The van der Waals surface area contributed by atoms with Crippen molar-refractivity contribution in [3.8, 4) is 0 Å². The van der Waals surface area contributed by atoms with E-state index in [4.69, 9.17) is 10.7 Å². The standard InChI is InChI=1S/C7H11ClN2O2S/c1-4-10-6(3)7(5(2)9-10)13(8,11)12/h4H2,1-3H3. The lowest BCUT2D eigenvalue weighted by atomic mass is 10.4. The van der Waals surface area contributed by atoms with Crippen LogP contribution in [0.3, 0.4) is 0 Å². The van der Waals surface area contributed by atoms with Gasteiger partial charge in [-0.2, -0.15) is 5.10 Å². The summed E-state index contributed by atoms with van der Waals surface area (Å²) in [5.41, 5.74) is 1.05. The summed E-state index contributed by atoms with van der Waals surface area (Å²) < 4.78 is 23.8. The molecule has 4 nitrogen and oxygen atoms in total. The van der Waals surface area contributed by atoms with Crippen molar-refractivity contribution in [1.29, 1.82) is 0 Å². The summed E-state index contributed by atoms with van der Waals surface area (Å²) in [6, 6.07) is 0. The van der Waals surface area contributed by atoms with Gasteiger partial charge in [-0.1, -0.05) is 0 Å². The molecule has 0 N–H and O–H groups in total. The van der Waals surface area contributed by atoms with Gasteiger partial charge in [0, 0.05) is 17.2 Å². The average Bonchev–Trinajstić information content (AvgIpc) is 2.24. The number of aryl methyl sites for hydroxylation is 2. The fourth-order valence-corrected chi connectivity index (χ4v) is 2.86. The van der Waals surface area contributed by atoms with Crippen molar-refractivity contribution < 1.29 is 8.42 Å². The molecule has 6 heteroatoms. The van der Waals surface area contributed by atoms with Crippen LogP contribution in [0.1, 0.15) is 18.3 Å². The zero-order chi connectivity index (χ0) is 10.2. The first-order valence-electron chi connectivity index (χ1n) is 3.86. The van der Waals surface area contributed by atoms with Crippen molar-refractivity contribution in [2.75, 3.05) is 0 Å². The third-order valence-electron chi connectivity index (χ3n) is 1.86. The highest BCUT2D eigenvalue weighted by Gasteiger charge is 2.21. The number of rotatable bonds is 2. The third-order valence-corrected chi connectivity index (χ3v) is 3.40. The summed E-state index contributed by atoms with van der Waals surface area (Å²) in [5.74, 6) is 0. The first-order chi connectivity index (χ1) is 5.88. The Morgan fingerprint density at radius 3 is 2.23 bits per heavy atom. The average molecular weight is 223 g/mol. The van der Waals surface area contributed by atoms with Crippen molar-refractivity contribution in [3.05, 3.63) is 11.4 Å². The first-order valence-corrected chi connectivity index (χ1v) is 6.17. The molecule has 0 aliphatic heterocycles. The summed E-state index contributed by atoms with van der Waals surface area (Å²) in [6.07, 6.45) is 0. The van der Waals surface area contributed by atoms with Crippen molar-refractivity contribution >= 4 is 19.7 Å². The number of halogens is 1. The van der Waals surface area contributed by atoms with Gasteiger partial charge in [0.1, 0.15) is 4.90 Å². The van der Waals surface area contributed by atoms with Crippen LogP contribution in [0, 0.1) is 13.8 Å². The molecule has 0 spiro atoms. The molecule has 0 fully saturated rings. The van der Waals surface area contributed by atoms with Crippen LogP contribution < -0.4 is 0 Å². The largest absolute Gasteiger partial charge is 0.268 e. The van der Waals surface area contributed by atoms with Gasteiger partial charge in [0.2, 0.25) is 0 Å². The molecule has 0 aromatic carbocycles. The van der Waals surface area contributed by atoms with Crippen LogP contribution in [0.4, 0.5) is 0 Å². The van der Waals surface area contributed by atoms with Gasteiger partial charge >= 0.3 is 0 Å². The Labute approximate surface area is 81.9 Å². The monoisotopic (exact) mass is 222 g/mol. The lowest BCUT2D eigenvalue weighted by Gasteiger charge is -1.98. The molecule has 0 unspecified atom stereocenters. The number of aromatic nitrogens is 2. The van der Waals surface area contributed by atoms with Crippen LogP contribution in [0.2, 0.25) is 0 Å². The van der Waals surface area contributed by atoms with Crippen molar-refractivity contribution in [1.82, 2.24) is 9.78 Å². The Morgan fingerprint density at radius 1 is 1.46 bits per heavy atom. The zero-order valence-electron chi connectivity index (χ0n) is 7.70. The van der Waals surface area contributed by atoms with Gasteiger partial charge in [-0.05, 0) is 20.8 Å². The Balaban J connectivity index is 3.47. The van der Waals surface area contributed by atoms with E-state index < -0.39 is 9.05 Å². The van der Waals surface area contributed by atoms with Crippen molar-refractivity contribution in [3.63, 3.8) is 0 Å². The minimum absolute atomic E-state index is 0.135. The van der Waals surface area contributed by atoms with E-state index in [-0.39, 0.29) is 4.90 Å². The fraction of sp³-hybridized carbons (Fsp3) is 0.571. The molecule has 74 valence electrons. The highest BCUT2D eigenvalue weighted by atomic mass is 35.7. The fourth-order valence-electron chi connectivity index (χ4n) is 1.34. The van der Waals surface area contributed by atoms with Crippen LogP contribution >= 0.6 is 10.7 Å². The van der Waals surface area contributed by atoms with Gasteiger partial charge in [-0.25, -0.2) is 8.42 Å². The van der Waals surface area contributed by atoms with Gasteiger partial charge in [0.15, 0.2) is 0 Å². The van der Waals surface area contributed by atoms with Crippen LogP contribution in [0.15, 0.2) is 4.90 Å². The maximum absolute atomic E-state index is 11.1. The minimum Gasteiger partial charge on any atom is -0.268 e. The Hall–Kier alpha value is -0.550. The molecule has 0 saturated heterocycles. The molecular weight excluding hydrogens is 212 g/mol. The maximum Gasteiger partial charge on any atom is 0.264 e. The van der Waals surface area contributed by atoms with E-state index in [0.29, 0.717) is 17.9 Å². The second-order valence-electron chi connectivity index (χ2n) is 2.75. The molecule has 1 aromatic heterocycles. The number of nitrogens with zero attached hydrogens (tertiary/aromatic N) is 2.